The van der Waals surface area contributed by atoms with Crippen molar-refractivity contribution in [3.05, 3.63) is 103 Å². The molecule has 0 radical (unpaired) electrons. The van der Waals surface area contributed by atoms with Crippen LogP contribution in [0.5, 0.6) is 11.5 Å². The summed E-state index contributed by atoms with van der Waals surface area (Å²) in [5.74, 6) is 1.68. The van der Waals surface area contributed by atoms with E-state index in [0.717, 1.165) is 82.6 Å². The molecule has 4 heterocycles. The van der Waals surface area contributed by atoms with E-state index in [1.165, 1.54) is 0 Å². The topological polar surface area (TPSA) is 113 Å². The molecule has 5 aromatic rings. The highest BCUT2D eigenvalue weighted by atomic mass is 16.6. The van der Waals surface area contributed by atoms with Crippen LogP contribution in [0.2, 0.25) is 0 Å². The van der Waals surface area contributed by atoms with Crippen molar-refractivity contribution < 1.29 is 24.1 Å². The van der Waals surface area contributed by atoms with Gasteiger partial charge in [-0.15, -0.1) is 0 Å². The molecule has 2 fully saturated rings. The first kappa shape index (κ1) is 33.3. The molecule has 3 aromatic carbocycles. The summed E-state index contributed by atoms with van der Waals surface area (Å²) in [7, 11) is 0. The number of rotatable bonds is 11. The summed E-state index contributed by atoms with van der Waals surface area (Å²) in [5.41, 5.74) is 3.06. The van der Waals surface area contributed by atoms with Crippen LogP contribution < -0.4 is 14.8 Å². The number of hydrogen-bond acceptors (Lipinski definition) is 9. The average Bonchev–Trinajstić information content (AvgIpc) is 3.94. The van der Waals surface area contributed by atoms with Gasteiger partial charge in [0.05, 0.1) is 13.2 Å². The van der Waals surface area contributed by atoms with Crippen LogP contribution in [-0.4, -0.2) is 102 Å². The third-order valence-electron chi connectivity index (χ3n) is 8.59. The van der Waals surface area contributed by atoms with E-state index in [2.05, 4.69) is 25.1 Å². The third-order valence-corrected chi connectivity index (χ3v) is 8.59. The molecule has 2 aliphatic rings. The highest BCUT2D eigenvalue weighted by Gasteiger charge is 2.23. The number of piperazine rings is 1. The van der Waals surface area contributed by atoms with Gasteiger partial charge in [0.15, 0.2) is 0 Å². The molecule has 2 saturated heterocycles. The second kappa shape index (κ2) is 16.0. The zero-order valence-corrected chi connectivity index (χ0v) is 27.5. The number of aliphatic hydroxyl groups excluding tert-OH is 1. The quantitative estimate of drug-likeness (QED) is 0.194. The Bertz CT molecular complexity index is 1790. The number of nitrogens with one attached hydrogen (secondary N) is 1. The van der Waals surface area contributed by atoms with Crippen molar-refractivity contribution in [1.82, 2.24) is 19.8 Å². The number of nitrogens with zero attached hydrogens (tertiary/aromatic N) is 4. The van der Waals surface area contributed by atoms with Crippen molar-refractivity contribution in [2.75, 3.05) is 64.4 Å². The van der Waals surface area contributed by atoms with Gasteiger partial charge in [-0.05, 0) is 49.2 Å². The summed E-state index contributed by atoms with van der Waals surface area (Å²) in [6.45, 7) is 9.86. The zero-order chi connectivity index (χ0) is 33.3. The Morgan fingerprint density at radius 3 is 2.02 bits per heavy atom. The number of amides is 1. The van der Waals surface area contributed by atoms with E-state index in [-0.39, 0.29) is 12.5 Å². The van der Waals surface area contributed by atoms with Gasteiger partial charge in [0.1, 0.15) is 36.9 Å². The van der Waals surface area contributed by atoms with Gasteiger partial charge in [-0.25, -0.2) is 0 Å². The van der Waals surface area contributed by atoms with E-state index in [1.807, 2.05) is 86.8 Å². The summed E-state index contributed by atoms with van der Waals surface area (Å²) in [6, 6.07) is 21.7. The standard InChI is InChI=1S/C26H32N4O3.C12H11NO2/c1-19-5-3-6-20(2)26(19)28-25(32)17-30-13-11-29(12-14-30)16-22(31)18-33-24-8-4-7-21-15-27-10-9-23(21)24;1-2-9-6-13-5-4-11(9)12(3-1)15-8-10-7-14-10/h3-10,15,22,31H,11-14,16-18H2,1-2H3,(H,28,32);1-6,10H,7-8H2. The molecule has 0 aliphatic carbocycles. The second-order valence-electron chi connectivity index (χ2n) is 12.3. The molecule has 10 heteroatoms. The maximum Gasteiger partial charge on any atom is 0.238 e. The summed E-state index contributed by atoms with van der Waals surface area (Å²) in [4.78, 5) is 25.1. The van der Waals surface area contributed by atoms with Gasteiger partial charge in [0, 0.05) is 84.7 Å². The molecule has 0 saturated carbocycles. The van der Waals surface area contributed by atoms with Gasteiger partial charge in [-0.2, -0.15) is 0 Å². The van der Waals surface area contributed by atoms with E-state index < -0.39 is 6.10 Å². The normalized spacial score (nSPS) is 16.9. The number of carbonyl (C=O) groups excluding carboxylic acids is 1. The molecule has 48 heavy (non-hydrogen) atoms. The molecule has 2 aliphatic heterocycles. The number of para-hydroxylation sites is 1. The molecule has 0 spiro atoms. The minimum atomic E-state index is -0.582. The van der Waals surface area contributed by atoms with Crippen LogP contribution in [0.25, 0.3) is 21.5 Å². The lowest BCUT2D eigenvalue weighted by Gasteiger charge is -2.35. The van der Waals surface area contributed by atoms with E-state index >= 15 is 0 Å². The van der Waals surface area contributed by atoms with E-state index in [0.29, 0.717) is 25.8 Å². The predicted octanol–water partition coefficient (Wildman–Crippen LogP) is 4.86. The highest BCUT2D eigenvalue weighted by molar-refractivity contribution is 5.93. The van der Waals surface area contributed by atoms with E-state index in [9.17, 15) is 9.90 Å². The lowest BCUT2D eigenvalue weighted by Crippen LogP contribution is -2.50. The number of benzene rings is 3. The molecule has 1 amide bonds. The fraction of sp³-hybridized carbons (Fsp3) is 0.342. The largest absolute Gasteiger partial charge is 0.490 e. The summed E-state index contributed by atoms with van der Waals surface area (Å²) < 4.78 is 16.7. The van der Waals surface area contributed by atoms with Crippen LogP contribution in [0.1, 0.15) is 11.1 Å². The van der Waals surface area contributed by atoms with Crippen molar-refractivity contribution in [2.45, 2.75) is 26.1 Å². The minimum absolute atomic E-state index is 0.0135. The predicted molar refractivity (Wildman–Crippen MR) is 188 cm³/mol. The van der Waals surface area contributed by atoms with E-state index in [1.54, 1.807) is 18.6 Å². The number of carbonyl (C=O) groups is 1. The van der Waals surface area contributed by atoms with Crippen LogP contribution in [0.15, 0.2) is 91.5 Å². The van der Waals surface area contributed by atoms with Gasteiger partial charge in [-0.1, -0.05) is 42.5 Å². The molecule has 2 N–H and O–H groups in total. The first-order valence-corrected chi connectivity index (χ1v) is 16.4. The average molecular weight is 650 g/mol. The Morgan fingerprint density at radius 2 is 1.42 bits per heavy atom. The maximum atomic E-state index is 12.5. The summed E-state index contributed by atoms with van der Waals surface area (Å²) in [5, 5.41) is 17.8. The monoisotopic (exact) mass is 649 g/mol. The number of aromatic nitrogens is 2. The van der Waals surface area contributed by atoms with Gasteiger partial charge in [0.25, 0.3) is 0 Å². The number of fused-ring (bicyclic) bond motifs is 2. The second-order valence-corrected chi connectivity index (χ2v) is 12.3. The van der Waals surface area contributed by atoms with Crippen LogP contribution in [0.4, 0.5) is 5.69 Å². The molecule has 250 valence electrons. The smallest absolute Gasteiger partial charge is 0.238 e. The number of pyridine rings is 2. The first-order chi connectivity index (χ1) is 23.4. The summed E-state index contributed by atoms with van der Waals surface area (Å²) in [6.07, 6.45) is 6.88. The lowest BCUT2D eigenvalue weighted by molar-refractivity contribution is -0.117. The summed E-state index contributed by atoms with van der Waals surface area (Å²) >= 11 is 0. The van der Waals surface area contributed by atoms with Crippen molar-refractivity contribution in [1.29, 1.82) is 0 Å². The lowest BCUT2D eigenvalue weighted by atomic mass is 10.1. The van der Waals surface area contributed by atoms with Crippen molar-refractivity contribution in [3.8, 4) is 11.5 Å². The number of β-amino-alcohol motifs (C(OH)–C–C–N with tert-alkyl or cyclic N) is 1. The van der Waals surface area contributed by atoms with Crippen LogP contribution in [-0.2, 0) is 9.53 Å². The molecule has 0 bridgehead atoms. The Morgan fingerprint density at radius 1 is 0.854 bits per heavy atom. The van der Waals surface area contributed by atoms with Crippen LogP contribution in [0.3, 0.4) is 0 Å². The highest BCUT2D eigenvalue weighted by Crippen LogP contribution is 2.26. The molecule has 2 aromatic heterocycles. The fourth-order valence-corrected chi connectivity index (χ4v) is 5.84. The molecule has 10 nitrogen and oxygen atoms in total. The number of ether oxygens (including phenoxy) is 3. The third kappa shape index (κ3) is 9.05. The minimum Gasteiger partial charge on any atom is -0.490 e. The van der Waals surface area contributed by atoms with Crippen LogP contribution in [0, 0.1) is 13.8 Å². The maximum absolute atomic E-state index is 12.5. The van der Waals surface area contributed by atoms with Crippen LogP contribution >= 0.6 is 0 Å². The van der Waals surface area contributed by atoms with Gasteiger partial charge in [-0.3, -0.25) is 24.6 Å². The molecular formula is C38H43N5O5. The van der Waals surface area contributed by atoms with Crippen molar-refractivity contribution in [2.24, 2.45) is 0 Å². The Labute approximate surface area is 281 Å². The first-order valence-electron chi connectivity index (χ1n) is 16.4. The molecule has 2 unspecified atom stereocenters. The Balaban J connectivity index is 0.000000221. The molecule has 7 rings (SSSR count). The van der Waals surface area contributed by atoms with Crippen molar-refractivity contribution in [3.63, 3.8) is 0 Å². The van der Waals surface area contributed by atoms with E-state index in [4.69, 9.17) is 14.2 Å². The number of hydrogen-bond donors (Lipinski definition) is 2. The number of aliphatic hydroxyl groups is 1. The number of anilines is 1. The SMILES string of the molecule is Cc1cccc(C)c1NC(=O)CN1CCN(CC(O)COc2cccc3cnccc23)CC1.c1cc(OCC2CO2)c2ccncc2c1. The Hall–Kier alpha value is -4.61. The Kier molecular flexibility index (Phi) is 11.1. The molecule has 2 atom stereocenters. The fourth-order valence-electron chi connectivity index (χ4n) is 5.84. The van der Waals surface area contributed by atoms with Gasteiger partial charge < -0.3 is 24.6 Å². The van der Waals surface area contributed by atoms with Gasteiger partial charge in [0.2, 0.25) is 5.91 Å². The van der Waals surface area contributed by atoms with Gasteiger partial charge >= 0.3 is 0 Å². The zero-order valence-electron chi connectivity index (χ0n) is 27.5. The van der Waals surface area contributed by atoms with Crippen molar-refractivity contribution >= 4 is 33.1 Å². The number of aryl methyl sites for hydroxylation is 2. The number of epoxide rings is 1. The molecular weight excluding hydrogens is 606 g/mol.